The summed E-state index contributed by atoms with van der Waals surface area (Å²) in [7, 11) is 0. The van der Waals surface area contributed by atoms with E-state index in [1.54, 1.807) is 0 Å². The summed E-state index contributed by atoms with van der Waals surface area (Å²) in [4.78, 5) is 0. The van der Waals surface area contributed by atoms with Gasteiger partial charge in [-0.3, -0.25) is 0 Å². The van der Waals surface area contributed by atoms with Crippen LogP contribution in [0.2, 0.25) is 0 Å². The lowest BCUT2D eigenvalue weighted by Gasteiger charge is -1.96. The Bertz CT molecular complexity index is 496. The van der Waals surface area contributed by atoms with Crippen LogP contribution in [0.3, 0.4) is 0 Å². The van der Waals surface area contributed by atoms with Gasteiger partial charge in [0, 0.05) is 0 Å². The van der Waals surface area contributed by atoms with Gasteiger partial charge in [-0.2, -0.15) is 0 Å². The highest BCUT2D eigenvalue weighted by molar-refractivity contribution is 5.50. The summed E-state index contributed by atoms with van der Waals surface area (Å²) in [5.41, 5.74) is 2.78. The molecule has 1 aliphatic rings. The van der Waals surface area contributed by atoms with Crippen molar-refractivity contribution in [3.05, 3.63) is 77.9 Å². The largest absolute Gasteiger partial charge is 0.0802 e. The van der Waals surface area contributed by atoms with Crippen LogP contribution < -0.4 is 0 Å². The maximum absolute atomic E-state index is 2.35. The summed E-state index contributed by atoms with van der Waals surface area (Å²) < 4.78 is 0. The molecule has 0 bridgehead atoms. The summed E-state index contributed by atoms with van der Waals surface area (Å²) in [6.07, 6.45) is 5.90. The van der Waals surface area contributed by atoms with Gasteiger partial charge in [0.15, 0.2) is 0 Å². The third-order valence-corrected chi connectivity index (χ3v) is 3.40. The highest BCUT2D eigenvalue weighted by Gasteiger charge is 2.35. The molecule has 1 aliphatic carbocycles. The molecule has 0 aromatic heterocycles. The first-order valence-corrected chi connectivity index (χ1v) is 6.22. The molecule has 0 heteroatoms. The van der Waals surface area contributed by atoms with E-state index in [0.717, 1.165) is 11.8 Å². The van der Waals surface area contributed by atoms with Gasteiger partial charge in [-0.25, -0.2) is 0 Å². The average Bonchev–Trinajstić information content (AvgIpc) is 3.18. The average molecular weight is 220 g/mol. The Balaban J connectivity index is 1.65. The third-order valence-electron chi connectivity index (χ3n) is 3.40. The molecule has 0 amide bonds. The molecular formula is C17H16. The van der Waals surface area contributed by atoms with Crippen molar-refractivity contribution in [2.75, 3.05) is 0 Å². The van der Waals surface area contributed by atoms with Crippen molar-refractivity contribution >= 4 is 6.08 Å². The van der Waals surface area contributed by atoms with E-state index in [0.29, 0.717) is 0 Å². The van der Waals surface area contributed by atoms with Gasteiger partial charge in [0.2, 0.25) is 0 Å². The summed E-state index contributed by atoms with van der Waals surface area (Å²) in [6, 6.07) is 21.3. The highest BCUT2D eigenvalue weighted by atomic mass is 14.4. The second-order valence-electron chi connectivity index (χ2n) is 4.69. The Morgan fingerprint density at radius 2 is 1.47 bits per heavy atom. The SMILES string of the molecule is C(=C\[C@@H]1C[C@H]1c1ccccc1)/c1ccccc1. The Kier molecular flexibility index (Phi) is 2.79. The lowest BCUT2D eigenvalue weighted by atomic mass is 10.1. The van der Waals surface area contributed by atoms with Gasteiger partial charge in [0.05, 0.1) is 0 Å². The zero-order valence-electron chi connectivity index (χ0n) is 9.79. The van der Waals surface area contributed by atoms with E-state index in [1.165, 1.54) is 17.5 Å². The highest BCUT2D eigenvalue weighted by Crippen LogP contribution is 2.48. The summed E-state index contributed by atoms with van der Waals surface area (Å²) in [6.45, 7) is 0. The van der Waals surface area contributed by atoms with E-state index < -0.39 is 0 Å². The van der Waals surface area contributed by atoms with Crippen LogP contribution >= 0.6 is 0 Å². The first-order chi connectivity index (χ1) is 8.43. The summed E-state index contributed by atoms with van der Waals surface area (Å²) in [5, 5.41) is 0. The molecule has 1 saturated carbocycles. The molecule has 84 valence electrons. The van der Waals surface area contributed by atoms with E-state index >= 15 is 0 Å². The lowest BCUT2D eigenvalue weighted by Crippen LogP contribution is -1.79. The van der Waals surface area contributed by atoms with Crippen molar-refractivity contribution in [2.24, 2.45) is 5.92 Å². The van der Waals surface area contributed by atoms with Gasteiger partial charge in [0.25, 0.3) is 0 Å². The molecule has 3 rings (SSSR count). The van der Waals surface area contributed by atoms with Crippen LogP contribution in [0.25, 0.3) is 6.08 Å². The van der Waals surface area contributed by atoms with Crippen molar-refractivity contribution in [3.63, 3.8) is 0 Å². The van der Waals surface area contributed by atoms with Crippen LogP contribution in [0.5, 0.6) is 0 Å². The maximum Gasteiger partial charge on any atom is -0.00929 e. The Morgan fingerprint density at radius 1 is 0.824 bits per heavy atom. The molecule has 2 atom stereocenters. The number of allylic oxidation sites excluding steroid dienone is 1. The fourth-order valence-corrected chi connectivity index (χ4v) is 2.31. The molecule has 0 nitrogen and oxygen atoms in total. The molecule has 1 fully saturated rings. The molecule has 0 spiro atoms. The number of hydrogen-bond donors (Lipinski definition) is 0. The Hall–Kier alpha value is -1.82. The molecule has 0 radical (unpaired) electrons. The topological polar surface area (TPSA) is 0 Å². The van der Waals surface area contributed by atoms with E-state index in [1.807, 2.05) is 0 Å². The fourth-order valence-electron chi connectivity index (χ4n) is 2.31. The van der Waals surface area contributed by atoms with Crippen molar-refractivity contribution < 1.29 is 0 Å². The summed E-state index contributed by atoms with van der Waals surface area (Å²) >= 11 is 0. The van der Waals surface area contributed by atoms with E-state index in [9.17, 15) is 0 Å². The molecule has 0 heterocycles. The Morgan fingerprint density at radius 3 is 2.18 bits per heavy atom. The zero-order chi connectivity index (χ0) is 11.5. The van der Waals surface area contributed by atoms with E-state index in [2.05, 4.69) is 72.8 Å². The van der Waals surface area contributed by atoms with Crippen molar-refractivity contribution in [2.45, 2.75) is 12.3 Å². The van der Waals surface area contributed by atoms with Crippen LogP contribution in [0.1, 0.15) is 23.5 Å². The molecule has 0 saturated heterocycles. The van der Waals surface area contributed by atoms with Gasteiger partial charge in [-0.15, -0.1) is 0 Å². The molecule has 0 N–H and O–H groups in total. The molecule has 0 aliphatic heterocycles. The molecule has 2 aromatic rings. The van der Waals surface area contributed by atoms with Crippen LogP contribution in [-0.2, 0) is 0 Å². The second kappa shape index (κ2) is 4.58. The van der Waals surface area contributed by atoms with Gasteiger partial charge >= 0.3 is 0 Å². The third kappa shape index (κ3) is 2.47. The molecule has 2 aromatic carbocycles. The normalized spacial score (nSPS) is 22.8. The van der Waals surface area contributed by atoms with Crippen molar-refractivity contribution in [3.8, 4) is 0 Å². The first-order valence-electron chi connectivity index (χ1n) is 6.22. The van der Waals surface area contributed by atoms with Crippen LogP contribution in [0, 0.1) is 5.92 Å². The minimum absolute atomic E-state index is 0.734. The van der Waals surface area contributed by atoms with Gasteiger partial charge in [0.1, 0.15) is 0 Å². The zero-order valence-corrected chi connectivity index (χ0v) is 9.79. The number of hydrogen-bond acceptors (Lipinski definition) is 0. The maximum atomic E-state index is 2.35. The van der Waals surface area contributed by atoms with Gasteiger partial charge in [-0.1, -0.05) is 72.8 Å². The quantitative estimate of drug-likeness (QED) is 0.714. The minimum Gasteiger partial charge on any atom is -0.0802 e. The van der Waals surface area contributed by atoms with Crippen molar-refractivity contribution in [1.29, 1.82) is 0 Å². The number of rotatable bonds is 3. The minimum atomic E-state index is 0.734. The Labute approximate surface area is 103 Å². The molecular weight excluding hydrogens is 204 g/mol. The molecule has 0 unspecified atom stereocenters. The predicted octanol–water partition coefficient (Wildman–Crippen LogP) is 4.50. The fraction of sp³-hybridized carbons (Fsp3) is 0.176. The number of benzene rings is 2. The monoisotopic (exact) mass is 220 g/mol. The van der Waals surface area contributed by atoms with Crippen molar-refractivity contribution in [1.82, 2.24) is 0 Å². The van der Waals surface area contributed by atoms with Gasteiger partial charge in [-0.05, 0) is 29.4 Å². The van der Waals surface area contributed by atoms with E-state index in [4.69, 9.17) is 0 Å². The van der Waals surface area contributed by atoms with Crippen LogP contribution in [-0.4, -0.2) is 0 Å². The summed E-state index contributed by atoms with van der Waals surface area (Å²) in [5.74, 6) is 1.48. The predicted molar refractivity (Wildman–Crippen MR) is 72.8 cm³/mol. The van der Waals surface area contributed by atoms with E-state index in [-0.39, 0.29) is 0 Å². The molecule has 17 heavy (non-hydrogen) atoms. The van der Waals surface area contributed by atoms with Crippen LogP contribution in [0.15, 0.2) is 66.7 Å². The lowest BCUT2D eigenvalue weighted by molar-refractivity contribution is 1.02. The smallest absolute Gasteiger partial charge is 0.00929 e. The first kappa shape index (κ1) is 10.3. The van der Waals surface area contributed by atoms with Crippen LogP contribution in [0.4, 0.5) is 0 Å². The standard InChI is InChI=1S/C17H16/c1-3-7-14(8-4-1)11-12-16-13-17(16)15-9-5-2-6-10-15/h1-12,16-17H,13H2/b12-11+/t16-,17+/m1/s1. The van der Waals surface area contributed by atoms with Gasteiger partial charge < -0.3 is 0 Å². The second-order valence-corrected chi connectivity index (χ2v) is 4.69.